The van der Waals surface area contributed by atoms with Gasteiger partial charge in [-0.1, -0.05) is 0 Å². The number of thioether (sulfide) groups is 1. The monoisotopic (exact) mass is 248 g/mol. The smallest absolute Gasteiger partial charge is 0.303 e. The molecule has 1 amide bonds. The van der Waals surface area contributed by atoms with Crippen molar-refractivity contribution in [2.24, 2.45) is 5.73 Å². The molecule has 5 nitrogen and oxygen atoms in total. The van der Waals surface area contributed by atoms with Gasteiger partial charge in [0, 0.05) is 13.0 Å². The van der Waals surface area contributed by atoms with Gasteiger partial charge in [0.25, 0.3) is 0 Å². The van der Waals surface area contributed by atoms with Crippen LogP contribution in [0, 0.1) is 0 Å². The van der Waals surface area contributed by atoms with Gasteiger partial charge in [-0.15, -0.1) is 0 Å². The molecule has 0 saturated heterocycles. The van der Waals surface area contributed by atoms with Crippen molar-refractivity contribution >= 4 is 23.6 Å². The molecule has 0 bridgehead atoms. The fourth-order valence-corrected chi connectivity index (χ4v) is 1.62. The number of carboxylic acids is 1. The maximum absolute atomic E-state index is 11.4. The molecule has 0 fully saturated rings. The summed E-state index contributed by atoms with van der Waals surface area (Å²) >= 11 is 1.78. The molecule has 0 aliphatic carbocycles. The van der Waals surface area contributed by atoms with Crippen LogP contribution in [-0.4, -0.2) is 41.6 Å². The second-order valence-corrected chi connectivity index (χ2v) is 4.52. The predicted octanol–water partition coefficient (Wildman–Crippen LogP) is 0.438. The number of amides is 1. The summed E-state index contributed by atoms with van der Waals surface area (Å²) in [6.45, 7) is 0.611. The first-order chi connectivity index (χ1) is 7.57. The van der Waals surface area contributed by atoms with E-state index >= 15 is 0 Å². The maximum Gasteiger partial charge on any atom is 0.303 e. The minimum absolute atomic E-state index is 0.0684. The van der Waals surface area contributed by atoms with E-state index < -0.39 is 12.0 Å². The largest absolute Gasteiger partial charge is 0.481 e. The Morgan fingerprint density at radius 3 is 2.69 bits per heavy atom. The third kappa shape index (κ3) is 8.55. The molecule has 4 N–H and O–H groups in total. The number of nitrogens with one attached hydrogen (secondary N) is 1. The van der Waals surface area contributed by atoms with Crippen LogP contribution in [0.2, 0.25) is 0 Å². The van der Waals surface area contributed by atoms with Gasteiger partial charge < -0.3 is 16.2 Å². The molecule has 16 heavy (non-hydrogen) atoms. The quantitative estimate of drug-likeness (QED) is 0.515. The lowest BCUT2D eigenvalue weighted by Crippen LogP contribution is -2.41. The summed E-state index contributed by atoms with van der Waals surface area (Å²) < 4.78 is 0. The molecule has 6 heteroatoms. The molecule has 0 rings (SSSR count). The summed E-state index contributed by atoms with van der Waals surface area (Å²) in [5, 5.41) is 11.1. The average Bonchev–Trinajstić information content (AvgIpc) is 2.25. The van der Waals surface area contributed by atoms with E-state index in [9.17, 15) is 9.59 Å². The van der Waals surface area contributed by atoms with Crippen LogP contribution in [0.15, 0.2) is 0 Å². The van der Waals surface area contributed by atoms with Crippen molar-refractivity contribution in [3.63, 3.8) is 0 Å². The van der Waals surface area contributed by atoms with Crippen LogP contribution >= 0.6 is 11.8 Å². The highest BCUT2D eigenvalue weighted by Crippen LogP contribution is 1.98. The van der Waals surface area contributed by atoms with Crippen molar-refractivity contribution in [2.45, 2.75) is 31.7 Å². The first-order valence-electron chi connectivity index (χ1n) is 5.32. The molecule has 0 aromatic carbocycles. The van der Waals surface area contributed by atoms with Crippen LogP contribution in [-0.2, 0) is 9.59 Å². The SMILES string of the molecule is CSCCCCNC(=O)C(N)CCC(=O)O. The number of carbonyl (C=O) groups is 2. The van der Waals surface area contributed by atoms with Crippen LogP contribution in [0.25, 0.3) is 0 Å². The van der Waals surface area contributed by atoms with Crippen LogP contribution in [0.3, 0.4) is 0 Å². The van der Waals surface area contributed by atoms with Crippen LogP contribution < -0.4 is 11.1 Å². The Balaban J connectivity index is 3.51. The first-order valence-corrected chi connectivity index (χ1v) is 6.71. The summed E-state index contributed by atoms with van der Waals surface area (Å²) in [6, 6.07) is -0.711. The first kappa shape index (κ1) is 15.2. The molecular weight excluding hydrogens is 228 g/mol. The van der Waals surface area contributed by atoms with Gasteiger partial charge in [-0.2, -0.15) is 11.8 Å². The minimum atomic E-state index is -0.928. The molecule has 0 radical (unpaired) electrons. The van der Waals surface area contributed by atoms with Gasteiger partial charge in [-0.25, -0.2) is 0 Å². The van der Waals surface area contributed by atoms with E-state index in [1.807, 2.05) is 6.26 Å². The van der Waals surface area contributed by atoms with Crippen LogP contribution in [0.4, 0.5) is 0 Å². The van der Waals surface area contributed by atoms with Gasteiger partial charge >= 0.3 is 5.97 Å². The van der Waals surface area contributed by atoms with Crippen molar-refractivity contribution in [3.05, 3.63) is 0 Å². The zero-order valence-corrected chi connectivity index (χ0v) is 10.4. The van der Waals surface area contributed by atoms with Gasteiger partial charge in [0.05, 0.1) is 6.04 Å². The summed E-state index contributed by atoms with van der Waals surface area (Å²) in [7, 11) is 0. The Labute approximate surface area is 100 Å². The Morgan fingerprint density at radius 2 is 2.12 bits per heavy atom. The number of hydrogen-bond donors (Lipinski definition) is 3. The number of nitrogens with two attached hydrogens (primary N) is 1. The normalized spacial score (nSPS) is 12.1. The molecular formula is C10H20N2O3S. The number of unbranched alkanes of at least 4 members (excludes halogenated alkanes) is 1. The standard InChI is InChI=1S/C10H20N2O3S/c1-16-7-3-2-6-12-10(15)8(11)4-5-9(13)14/h8H,2-7,11H2,1H3,(H,12,15)(H,13,14). The second kappa shape index (κ2) is 9.47. The van der Waals surface area contributed by atoms with Gasteiger partial charge in [-0.05, 0) is 31.3 Å². The fourth-order valence-electron chi connectivity index (χ4n) is 1.12. The zero-order valence-electron chi connectivity index (χ0n) is 9.57. The van der Waals surface area contributed by atoms with E-state index in [1.165, 1.54) is 0 Å². The van der Waals surface area contributed by atoms with E-state index in [2.05, 4.69) is 5.32 Å². The van der Waals surface area contributed by atoms with Crippen molar-refractivity contribution < 1.29 is 14.7 Å². The van der Waals surface area contributed by atoms with Gasteiger partial charge in [0.1, 0.15) is 0 Å². The summed E-state index contributed by atoms with van der Waals surface area (Å²) in [5.74, 6) is -0.102. The number of carboxylic acid groups (broad SMARTS) is 1. The highest BCUT2D eigenvalue weighted by atomic mass is 32.2. The van der Waals surface area contributed by atoms with E-state index in [0.29, 0.717) is 6.54 Å². The van der Waals surface area contributed by atoms with E-state index in [0.717, 1.165) is 18.6 Å². The summed E-state index contributed by atoms with van der Waals surface area (Å²) in [6.07, 6.45) is 4.15. The van der Waals surface area contributed by atoms with Crippen molar-refractivity contribution in [3.8, 4) is 0 Å². The lowest BCUT2D eigenvalue weighted by atomic mass is 10.1. The molecule has 0 heterocycles. The van der Waals surface area contributed by atoms with Gasteiger partial charge in [0.2, 0.25) is 5.91 Å². The van der Waals surface area contributed by atoms with Crippen molar-refractivity contribution in [1.29, 1.82) is 0 Å². The van der Waals surface area contributed by atoms with Crippen molar-refractivity contribution in [1.82, 2.24) is 5.32 Å². The minimum Gasteiger partial charge on any atom is -0.481 e. The Hall–Kier alpha value is -0.750. The molecule has 0 saturated carbocycles. The van der Waals surface area contributed by atoms with Crippen LogP contribution in [0.1, 0.15) is 25.7 Å². The maximum atomic E-state index is 11.4. The third-order valence-corrected chi connectivity index (χ3v) is 2.78. The highest BCUT2D eigenvalue weighted by Gasteiger charge is 2.13. The topological polar surface area (TPSA) is 92.4 Å². The van der Waals surface area contributed by atoms with E-state index in [-0.39, 0.29) is 18.7 Å². The molecule has 0 aromatic heterocycles. The highest BCUT2D eigenvalue weighted by molar-refractivity contribution is 7.98. The van der Waals surface area contributed by atoms with Gasteiger partial charge in [0.15, 0.2) is 0 Å². The molecule has 94 valence electrons. The number of rotatable bonds is 9. The summed E-state index contributed by atoms with van der Waals surface area (Å²) in [4.78, 5) is 21.6. The number of aliphatic carboxylic acids is 1. The van der Waals surface area contributed by atoms with Crippen molar-refractivity contribution in [2.75, 3.05) is 18.6 Å². The van der Waals surface area contributed by atoms with E-state index in [4.69, 9.17) is 10.8 Å². The van der Waals surface area contributed by atoms with Gasteiger partial charge in [-0.3, -0.25) is 9.59 Å². The molecule has 1 unspecified atom stereocenters. The lowest BCUT2D eigenvalue weighted by molar-refractivity contribution is -0.137. The number of hydrogen-bond acceptors (Lipinski definition) is 4. The van der Waals surface area contributed by atoms with Crippen LogP contribution in [0.5, 0.6) is 0 Å². The Kier molecular flexibility index (Phi) is 9.03. The molecule has 0 aliphatic heterocycles. The molecule has 0 spiro atoms. The predicted molar refractivity (Wildman–Crippen MR) is 65.5 cm³/mol. The zero-order chi connectivity index (χ0) is 12.4. The average molecular weight is 248 g/mol. The Morgan fingerprint density at radius 1 is 1.44 bits per heavy atom. The molecule has 0 aromatic rings. The Bertz CT molecular complexity index is 224. The third-order valence-electron chi connectivity index (χ3n) is 2.08. The molecule has 0 aliphatic rings. The second-order valence-electron chi connectivity index (χ2n) is 3.53. The summed E-state index contributed by atoms with van der Waals surface area (Å²) in [5.41, 5.74) is 5.53. The fraction of sp³-hybridized carbons (Fsp3) is 0.800. The van der Waals surface area contributed by atoms with E-state index in [1.54, 1.807) is 11.8 Å². The lowest BCUT2D eigenvalue weighted by Gasteiger charge is -2.10. The number of carbonyl (C=O) groups excluding carboxylic acids is 1. The molecule has 1 atom stereocenters.